The van der Waals surface area contributed by atoms with Gasteiger partial charge in [0.15, 0.2) is 11.9 Å². The summed E-state index contributed by atoms with van der Waals surface area (Å²) in [6.45, 7) is 3.35. The van der Waals surface area contributed by atoms with Gasteiger partial charge in [-0.2, -0.15) is 0 Å². The molecule has 1 aliphatic rings. The molecule has 10 nitrogen and oxygen atoms in total. The van der Waals surface area contributed by atoms with Gasteiger partial charge in [0.05, 0.1) is 31.5 Å². The molecule has 12 heteroatoms. The molecule has 5 aromatic carbocycles. The number of benzene rings is 5. The predicted molar refractivity (Wildman–Crippen MR) is 209 cm³/mol. The predicted octanol–water partition coefficient (Wildman–Crippen LogP) is 9.08. The molecule has 0 N–H and O–H groups in total. The highest BCUT2D eigenvalue weighted by molar-refractivity contribution is 7.47. The first kappa shape index (κ1) is 38.1. The van der Waals surface area contributed by atoms with Crippen LogP contribution < -0.4 is 14.0 Å². The number of fused-ring (bicyclic) bond motifs is 2. The fraction of sp³-hybridized carbons (Fsp3) is 0.182. The van der Waals surface area contributed by atoms with Crippen LogP contribution in [0.25, 0.3) is 10.9 Å². The Balaban J connectivity index is 1.29. The average molecular weight is 773 g/mol. The van der Waals surface area contributed by atoms with Crippen molar-refractivity contribution in [2.45, 2.75) is 32.6 Å². The van der Waals surface area contributed by atoms with Crippen molar-refractivity contribution in [3.05, 3.63) is 167 Å². The SMILES string of the molecule is CCOC(=O)C(C)OP(CCOc1c2c(c(OC(c3ccccc3)c3ccccc3)c3ncccc13)C(=O)N(Cc1ccc(F)cc1)C2=O)Oc1ccccc1. The van der Waals surface area contributed by atoms with Gasteiger partial charge < -0.3 is 23.3 Å². The summed E-state index contributed by atoms with van der Waals surface area (Å²) in [6.07, 6.45) is 0.163. The second kappa shape index (κ2) is 17.5. The summed E-state index contributed by atoms with van der Waals surface area (Å²) >= 11 is 0. The van der Waals surface area contributed by atoms with Crippen LogP contribution in [0.1, 0.15) is 57.4 Å². The van der Waals surface area contributed by atoms with Gasteiger partial charge in [-0.3, -0.25) is 19.5 Å². The molecule has 0 saturated carbocycles. The second-order valence-electron chi connectivity index (χ2n) is 12.8. The van der Waals surface area contributed by atoms with Crippen molar-refractivity contribution in [3.8, 4) is 17.2 Å². The maximum atomic E-state index is 14.6. The summed E-state index contributed by atoms with van der Waals surface area (Å²) in [4.78, 5) is 47.4. The molecule has 0 bridgehead atoms. The van der Waals surface area contributed by atoms with Crippen molar-refractivity contribution < 1.29 is 42.0 Å². The molecule has 0 fully saturated rings. The number of aromatic nitrogens is 1. The fourth-order valence-electron chi connectivity index (χ4n) is 6.32. The van der Waals surface area contributed by atoms with Gasteiger partial charge in [0.2, 0.25) is 8.38 Å². The quantitative estimate of drug-likeness (QED) is 0.0540. The van der Waals surface area contributed by atoms with Crippen molar-refractivity contribution >= 4 is 37.1 Å². The lowest BCUT2D eigenvalue weighted by molar-refractivity contribution is -0.150. The van der Waals surface area contributed by atoms with Crippen molar-refractivity contribution in [2.24, 2.45) is 0 Å². The molecule has 0 radical (unpaired) electrons. The number of halogens is 1. The maximum absolute atomic E-state index is 14.6. The number of para-hydroxylation sites is 1. The van der Waals surface area contributed by atoms with Gasteiger partial charge >= 0.3 is 5.97 Å². The zero-order valence-electron chi connectivity index (χ0n) is 30.7. The number of carbonyl (C=O) groups excluding carboxylic acids is 3. The molecule has 284 valence electrons. The molecule has 6 aromatic rings. The van der Waals surface area contributed by atoms with Crippen LogP contribution in [0, 0.1) is 5.82 Å². The van der Waals surface area contributed by atoms with E-state index >= 15 is 0 Å². The Kier molecular flexibility index (Phi) is 11.9. The number of pyridine rings is 1. The Morgan fingerprint density at radius 1 is 0.786 bits per heavy atom. The van der Waals surface area contributed by atoms with E-state index in [9.17, 15) is 18.8 Å². The van der Waals surface area contributed by atoms with E-state index in [0.717, 1.165) is 16.0 Å². The number of nitrogens with zero attached hydrogens (tertiary/aromatic N) is 2. The summed E-state index contributed by atoms with van der Waals surface area (Å²) in [6, 6.07) is 37.3. The van der Waals surface area contributed by atoms with E-state index in [1.165, 1.54) is 24.3 Å². The van der Waals surface area contributed by atoms with Crippen LogP contribution in [0.5, 0.6) is 17.2 Å². The number of carbonyl (C=O) groups is 3. The molecule has 2 heterocycles. The molecule has 0 aliphatic carbocycles. The fourth-order valence-corrected chi connectivity index (χ4v) is 7.60. The van der Waals surface area contributed by atoms with Gasteiger partial charge in [-0.1, -0.05) is 91.0 Å². The minimum Gasteiger partial charge on any atom is -0.491 e. The third-order valence-corrected chi connectivity index (χ3v) is 10.5. The molecule has 1 aliphatic heterocycles. The molecule has 2 atom stereocenters. The first-order chi connectivity index (χ1) is 27.3. The highest BCUT2D eigenvalue weighted by atomic mass is 31.2. The highest BCUT2D eigenvalue weighted by Gasteiger charge is 2.44. The van der Waals surface area contributed by atoms with Crippen LogP contribution in [0.15, 0.2) is 134 Å². The second-order valence-corrected chi connectivity index (χ2v) is 14.3. The normalized spacial score (nSPS) is 13.4. The topological polar surface area (TPSA) is 113 Å². The van der Waals surface area contributed by atoms with E-state index < -0.39 is 44.2 Å². The van der Waals surface area contributed by atoms with E-state index in [0.29, 0.717) is 22.2 Å². The number of imide groups is 1. The van der Waals surface area contributed by atoms with Gasteiger partial charge in [0, 0.05) is 11.6 Å². The summed E-state index contributed by atoms with van der Waals surface area (Å²) in [5.74, 6) is -1.38. The zero-order chi connectivity index (χ0) is 39.0. The van der Waals surface area contributed by atoms with Crippen LogP contribution in [-0.2, 0) is 20.6 Å². The van der Waals surface area contributed by atoms with Crippen molar-refractivity contribution in [2.75, 3.05) is 19.4 Å². The van der Waals surface area contributed by atoms with Gasteiger partial charge in [-0.05, 0) is 66.9 Å². The Labute approximate surface area is 324 Å². The number of hydrogen-bond acceptors (Lipinski definition) is 9. The van der Waals surface area contributed by atoms with Crippen molar-refractivity contribution in [1.82, 2.24) is 9.88 Å². The number of amides is 2. The van der Waals surface area contributed by atoms with Crippen LogP contribution in [-0.4, -0.2) is 53.1 Å². The smallest absolute Gasteiger partial charge is 0.335 e. The van der Waals surface area contributed by atoms with Gasteiger partial charge in [0.25, 0.3) is 11.8 Å². The van der Waals surface area contributed by atoms with E-state index in [2.05, 4.69) is 4.98 Å². The Morgan fingerprint density at radius 2 is 1.39 bits per heavy atom. The van der Waals surface area contributed by atoms with E-state index in [1.807, 2.05) is 78.9 Å². The van der Waals surface area contributed by atoms with Crippen molar-refractivity contribution in [1.29, 1.82) is 0 Å². The molecule has 1 aromatic heterocycles. The highest BCUT2D eigenvalue weighted by Crippen LogP contribution is 2.47. The number of rotatable bonds is 16. The van der Waals surface area contributed by atoms with Crippen LogP contribution in [0.4, 0.5) is 4.39 Å². The van der Waals surface area contributed by atoms with Crippen molar-refractivity contribution in [3.63, 3.8) is 0 Å². The molecule has 0 spiro atoms. The van der Waals surface area contributed by atoms with Crippen LogP contribution >= 0.6 is 8.38 Å². The minimum absolute atomic E-state index is 0.00478. The molecular formula is C44H38FN2O8P. The lowest BCUT2D eigenvalue weighted by atomic mass is 9.99. The standard InChI is InChI=1S/C44H38FN2O8P/c1-3-51-44(50)29(2)54-56(55-34-18-11-6-12-19-34)27-26-52-40-35-20-13-25-46-38(35)41(53-39(31-14-7-4-8-15-31)32-16-9-5-10-17-32)37-36(40)42(48)47(43(37)49)28-30-21-23-33(45)24-22-30/h4-25,29,39H,3,26-28H2,1-2H3. The number of hydrogen-bond donors (Lipinski definition) is 0. The van der Waals surface area contributed by atoms with E-state index in [4.69, 9.17) is 23.3 Å². The lowest BCUT2D eigenvalue weighted by Gasteiger charge is -2.24. The number of esters is 1. The molecule has 56 heavy (non-hydrogen) atoms. The summed E-state index contributed by atoms with van der Waals surface area (Å²) in [7, 11) is -1.76. The Hall–Kier alpha value is -6.16. The average Bonchev–Trinajstić information content (AvgIpc) is 3.47. The number of ether oxygens (including phenoxy) is 3. The van der Waals surface area contributed by atoms with Crippen LogP contribution in [0.2, 0.25) is 0 Å². The molecular weight excluding hydrogens is 734 g/mol. The van der Waals surface area contributed by atoms with Gasteiger partial charge in [-0.15, -0.1) is 0 Å². The van der Waals surface area contributed by atoms with Crippen LogP contribution in [0.3, 0.4) is 0 Å². The zero-order valence-corrected chi connectivity index (χ0v) is 31.6. The lowest BCUT2D eigenvalue weighted by Crippen LogP contribution is -2.29. The first-order valence-corrected chi connectivity index (χ1v) is 19.5. The summed E-state index contributed by atoms with van der Waals surface area (Å²) in [5, 5.41) is 0.444. The van der Waals surface area contributed by atoms with Gasteiger partial charge in [0.1, 0.15) is 34.5 Å². The van der Waals surface area contributed by atoms with E-state index in [1.54, 1.807) is 44.3 Å². The summed E-state index contributed by atoms with van der Waals surface area (Å²) < 4.78 is 44.6. The Bertz CT molecular complexity index is 2270. The molecule has 2 unspecified atom stereocenters. The van der Waals surface area contributed by atoms with E-state index in [-0.39, 0.29) is 48.5 Å². The summed E-state index contributed by atoms with van der Waals surface area (Å²) in [5.41, 5.74) is 2.53. The third kappa shape index (κ3) is 8.39. The minimum atomic E-state index is -1.76. The monoisotopic (exact) mass is 772 g/mol. The molecule has 2 amide bonds. The Morgan fingerprint density at radius 3 is 2.02 bits per heavy atom. The maximum Gasteiger partial charge on any atom is 0.335 e. The first-order valence-electron chi connectivity index (χ1n) is 18.1. The third-order valence-electron chi connectivity index (χ3n) is 8.95. The van der Waals surface area contributed by atoms with Gasteiger partial charge in [-0.25, -0.2) is 9.18 Å². The molecule has 7 rings (SSSR count). The molecule has 0 saturated heterocycles. The largest absolute Gasteiger partial charge is 0.491 e.